The number of primary amides is 1. The van der Waals surface area contributed by atoms with Crippen molar-refractivity contribution in [2.75, 3.05) is 6.54 Å². The van der Waals surface area contributed by atoms with Crippen LogP contribution in [0.3, 0.4) is 0 Å². The number of alkyl carbamates (subject to hydrolysis) is 1. The van der Waals surface area contributed by atoms with Gasteiger partial charge in [0.05, 0.1) is 0 Å². The number of amides is 3. The molecule has 3 rings (SSSR count). The van der Waals surface area contributed by atoms with Crippen molar-refractivity contribution in [1.82, 2.24) is 10.6 Å². The Labute approximate surface area is 223 Å². The van der Waals surface area contributed by atoms with Gasteiger partial charge in [0, 0.05) is 19.4 Å². The fourth-order valence-electron chi connectivity index (χ4n) is 3.78. The highest BCUT2D eigenvalue weighted by Gasteiger charge is 2.18. The highest BCUT2D eigenvalue weighted by atomic mass is 16.5. The Morgan fingerprint density at radius 2 is 1.42 bits per heavy atom. The zero-order valence-corrected chi connectivity index (χ0v) is 21.4. The first-order valence-corrected chi connectivity index (χ1v) is 12.8. The van der Waals surface area contributed by atoms with Gasteiger partial charge in [-0.25, -0.2) is 4.79 Å². The van der Waals surface area contributed by atoms with Gasteiger partial charge in [-0.3, -0.25) is 9.59 Å². The Kier molecular flexibility index (Phi) is 11.7. The van der Waals surface area contributed by atoms with Gasteiger partial charge in [-0.05, 0) is 41.7 Å². The summed E-state index contributed by atoms with van der Waals surface area (Å²) in [6, 6.07) is 25.9. The highest BCUT2D eigenvalue weighted by Crippen LogP contribution is 2.17. The van der Waals surface area contributed by atoms with Crippen LogP contribution in [0.4, 0.5) is 4.79 Å². The van der Waals surface area contributed by atoms with E-state index >= 15 is 0 Å². The van der Waals surface area contributed by atoms with Gasteiger partial charge in [-0.15, -0.1) is 0 Å². The second-order valence-corrected chi connectivity index (χ2v) is 8.95. The van der Waals surface area contributed by atoms with Crippen molar-refractivity contribution in [2.24, 2.45) is 5.73 Å². The third-order valence-corrected chi connectivity index (χ3v) is 5.83. The van der Waals surface area contributed by atoms with Crippen LogP contribution in [0.25, 0.3) is 0 Å². The normalized spacial score (nSPS) is 11.3. The Morgan fingerprint density at radius 1 is 0.763 bits per heavy atom. The molecule has 3 aromatic rings. The summed E-state index contributed by atoms with van der Waals surface area (Å²) in [7, 11) is 0. The van der Waals surface area contributed by atoms with Crippen LogP contribution in [0.1, 0.15) is 42.4 Å². The zero-order valence-electron chi connectivity index (χ0n) is 21.4. The largest absolute Gasteiger partial charge is 0.489 e. The topological polar surface area (TPSA) is 120 Å². The SMILES string of the molecule is NC(=O)[C@@H](Cc1cccc(OCc2ccccc2)c1)NC(=O)CCCCCNC(=O)OCc1ccccc1. The summed E-state index contributed by atoms with van der Waals surface area (Å²) in [6.45, 7) is 1.12. The van der Waals surface area contributed by atoms with Crippen LogP contribution >= 0.6 is 0 Å². The lowest BCUT2D eigenvalue weighted by Gasteiger charge is -2.16. The molecule has 0 spiro atoms. The van der Waals surface area contributed by atoms with Crippen molar-refractivity contribution >= 4 is 17.9 Å². The summed E-state index contributed by atoms with van der Waals surface area (Å²) < 4.78 is 11.0. The molecule has 0 aliphatic heterocycles. The second-order valence-electron chi connectivity index (χ2n) is 8.95. The standard InChI is InChI=1S/C30H35N3O5/c31-29(35)27(20-25-15-10-16-26(19-25)37-21-23-11-4-1-5-12-23)33-28(34)17-8-3-9-18-32-30(36)38-22-24-13-6-2-7-14-24/h1-2,4-7,10-16,19,27H,3,8-9,17-18,20-22H2,(H2,31,35)(H,32,36)(H,33,34)/t27-/m1/s1. The molecule has 8 heteroatoms. The Morgan fingerprint density at radius 3 is 2.11 bits per heavy atom. The summed E-state index contributed by atoms with van der Waals surface area (Å²) in [5.74, 6) is -0.147. The third kappa shape index (κ3) is 10.7. The average molecular weight is 518 g/mol. The van der Waals surface area contributed by atoms with E-state index < -0.39 is 18.0 Å². The number of rotatable bonds is 15. The molecule has 3 amide bonds. The lowest BCUT2D eigenvalue weighted by Crippen LogP contribution is -2.45. The molecule has 0 aliphatic rings. The maximum Gasteiger partial charge on any atom is 0.407 e. The van der Waals surface area contributed by atoms with E-state index in [2.05, 4.69) is 10.6 Å². The summed E-state index contributed by atoms with van der Waals surface area (Å²) in [5, 5.41) is 5.44. The van der Waals surface area contributed by atoms with E-state index in [0.29, 0.717) is 31.7 Å². The first kappa shape index (κ1) is 28.2. The van der Waals surface area contributed by atoms with E-state index in [1.54, 1.807) is 0 Å². The zero-order chi connectivity index (χ0) is 27.0. The number of hydrogen-bond donors (Lipinski definition) is 3. The number of carbonyl (C=O) groups excluding carboxylic acids is 3. The number of hydrogen-bond acceptors (Lipinski definition) is 5. The van der Waals surface area contributed by atoms with Crippen molar-refractivity contribution in [3.05, 3.63) is 102 Å². The van der Waals surface area contributed by atoms with Crippen LogP contribution in [-0.2, 0) is 34.0 Å². The lowest BCUT2D eigenvalue weighted by molar-refractivity contribution is -0.127. The molecule has 8 nitrogen and oxygen atoms in total. The highest BCUT2D eigenvalue weighted by molar-refractivity contribution is 5.86. The summed E-state index contributed by atoms with van der Waals surface area (Å²) in [6.07, 6.45) is 2.16. The van der Waals surface area contributed by atoms with Crippen LogP contribution in [0.15, 0.2) is 84.9 Å². The minimum absolute atomic E-state index is 0.221. The predicted octanol–water partition coefficient (Wildman–Crippen LogP) is 4.27. The Balaban J connectivity index is 1.32. The lowest BCUT2D eigenvalue weighted by atomic mass is 10.0. The predicted molar refractivity (Wildman–Crippen MR) is 145 cm³/mol. The molecule has 4 N–H and O–H groups in total. The number of unbranched alkanes of at least 4 members (excludes halogenated alkanes) is 2. The Bertz CT molecular complexity index is 1150. The maximum absolute atomic E-state index is 12.4. The van der Waals surface area contributed by atoms with Crippen LogP contribution in [-0.4, -0.2) is 30.5 Å². The number of carbonyl (C=O) groups is 3. The van der Waals surface area contributed by atoms with Crippen LogP contribution < -0.4 is 21.1 Å². The first-order chi connectivity index (χ1) is 18.5. The molecule has 0 saturated carbocycles. The molecule has 0 aliphatic carbocycles. The minimum Gasteiger partial charge on any atom is -0.489 e. The quantitative estimate of drug-likeness (QED) is 0.260. The van der Waals surface area contributed by atoms with Gasteiger partial charge in [-0.1, -0.05) is 79.2 Å². The Hall–Kier alpha value is -4.33. The molecular weight excluding hydrogens is 482 g/mol. The summed E-state index contributed by atoms with van der Waals surface area (Å²) in [5.41, 5.74) is 8.37. The van der Waals surface area contributed by atoms with Crippen LogP contribution in [0.2, 0.25) is 0 Å². The third-order valence-electron chi connectivity index (χ3n) is 5.83. The molecule has 3 aromatic carbocycles. The van der Waals surface area contributed by atoms with Gasteiger partial charge in [-0.2, -0.15) is 0 Å². The average Bonchev–Trinajstić information content (AvgIpc) is 2.93. The number of benzene rings is 3. The van der Waals surface area contributed by atoms with Crippen molar-refractivity contribution in [2.45, 2.75) is 51.4 Å². The molecular formula is C30H35N3O5. The molecule has 38 heavy (non-hydrogen) atoms. The van der Waals surface area contributed by atoms with Gasteiger partial charge < -0.3 is 25.8 Å². The van der Waals surface area contributed by atoms with E-state index in [1.807, 2.05) is 84.9 Å². The summed E-state index contributed by atoms with van der Waals surface area (Å²) >= 11 is 0. The van der Waals surface area contributed by atoms with E-state index in [9.17, 15) is 14.4 Å². The van der Waals surface area contributed by atoms with Gasteiger partial charge in [0.1, 0.15) is 25.0 Å². The molecule has 0 radical (unpaired) electrons. The molecule has 0 aromatic heterocycles. The van der Waals surface area contributed by atoms with E-state index in [1.165, 1.54) is 0 Å². The number of nitrogens with two attached hydrogens (primary N) is 1. The summed E-state index contributed by atoms with van der Waals surface area (Å²) in [4.78, 5) is 36.1. The van der Waals surface area contributed by atoms with Crippen LogP contribution in [0.5, 0.6) is 5.75 Å². The maximum atomic E-state index is 12.4. The monoisotopic (exact) mass is 517 g/mol. The van der Waals surface area contributed by atoms with Gasteiger partial charge in [0.15, 0.2) is 0 Å². The van der Waals surface area contributed by atoms with E-state index in [-0.39, 0.29) is 25.4 Å². The molecule has 0 bridgehead atoms. The minimum atomic E-state index is -0.812. The van der Waals surface area contributed by atoms with E-state index in [4.69, 9.17) is 15.2 Å². The van der Waals surface area contributed by atoms with E-state index in [0.717, 1.165) is 23.1 Å². The number of nitrogens with one attached hydrogen (secondary N) is 2. The van der Waals surface area contributed by atoms with Crippen molar-refractivity contribution in [3.63, 3.8) is 0 Å². The first-order valence-electron chi connectivity index (χ1n) is 12.8. The molecule has 0 heterocycles. The fourth-order valence-corrected chi connectivity index (χ4v) is 3.78. The fraction of sp³-hybridized carbons (Fsp3) is 0.300. The van der Waals surface area contributed by atoms with Gasteiger partial charge in [0.25, 0.3) is 0 Å². The number of ether oxygens (including phenoxy) is 2. The van der Waals surface area contributed by atoms with Crippen molar-refractivity contribution in [1.29, 1.82) is 0 Å². The molecule has 0 fully saturated rings. The van der Waals surface area contributed by atoms with Gasteiger partial charge >= 0.3 is 6.09 Å². The van der Waals surface area contributed by atoms with Crippen molar-refractivity contribution in [3.8, 4) is 5.75 Å². The second kappa shape index (κ2) is 15.7. The van der Waals surface area contributed by atoms with Gasteiger partial charge in [0.2, 0.25) is 11.8 Å². The molecule has 200 valence electrons. The van der Waals surface area contributed by atoms with Crippen LogP contribution in [0, 0.1) is 0 Å². The molecule has 0 saturated heterocycles. The van der Waals surface area contributed by atoms with Crippen molar-refractivity contribution < 1.29 is 23.9 Å². The molecule has 0 unspecified atom stereocenters. The smallest absolute Gasteiger partial charge is 0.407 e. The molecule has 1 atom stereocenters.